The van der Waals surface area contributed by atoms with E-state index in [4.69, 9.17) is 23.2 Å². The highest BCUT2D eigenvalue weighted by molar-refractivity contribution is 9.10. The van der Waals surface area contributed by atoms with Gasteiger partial charge in [0.2, 0.25) is 0 Å². The van der Waals surface area contributed by atoms with Gasteiger partial charge < -0.3 is 5.32 Å². The van der Waals surface area contributed by atoms with Gasteiger partial charge in [0.1, 0.15) is 0 Å². The molecule has 0 saturated heterocycles. The molecule has 0 fully saturated rings. The third kappa shape index (κ3) is 4.22. The SMILES string of the molecule is Cc1c(Br)cccc1C(=O)NCCc1ccc(Cl)cc1Cl. The van der Waals surface area contributed by atoms with Crippen molar-refractivity contribution in [2.45, 2.75) is 13.3 Å². The van der Waals surface area contributed by atoms with E-state index in [0.29, 0.717) is 28.6 Å². The maximum absolute atomic E-state index is 12.2. The summed E-state index contributed by atoms with van der Waals surface area (Å²) in [5.74, 6) is -0.0844. The maximum Gasteiger partial charge on any atom is 0.251 e. The van der Waals surface area contributed by atoms with Gasteiger partial charge in [-0.1, -0.05) is 51.3 Å². The van der Waals surface area contributed by atoms with Crippen LogP contribution in [0, 0.1) is 6.92 Å². The molecule has 0 aliphatic heterocycles. The van der Waals surface area contributed by atoms with Crippen molar-refractivity contribution in [1.29, 1.82) is 0 Å². The molecule has 2 nitrogen and oxygen atoms in total. The molecule has 0 aromatic heterocycles. The van der Waals surface area contributed by atoms with Gasteiger partial charge in [-0.2, -0.15) is 0 Å². The highest BCUT2D eigenvalue weighted by atomic mass is 79.9. The largest absolute Gasteiger partial charge is 0.352 e. The summed E-state index contributed by atoms with van der Waals surface area (Å²) in [5, 5.41) is 4.14. The molecule has 0 bridgehead atoms. The second-order valence-corrected chi connectivity index (χ2v) is 6.35. The predicted octanol–water partition coefficient (Wildman–Crippen LogP) is 5.04. The molecule has 1 N–H and O–H groups in total. The fraction of sp³-hybridized carbons (Fsp3) is 0.188. The summed E-state index contributed by atoms with van der Waals surface area (Å²) in [4.78, 5) is 12.2. The molecule has 110 valence electrons. The lowest BCUT2D eigenvalue weighted by Crippen LogP contribution is -2.26. The molecule has 0 atom stereocenters. The van der Waals surface area contributed by atoms with Gasteiger partial charge in [-0.3, -0.25) is 4.79 Å². The lowest BCUT2D eigenvalue weighted by molar-refractivity contribution is 0.0953. The van der Waals surface area contributed by atoms with E-state index >= 15 is 0 Å². The number of halogens is 3. The van der Waals surface area contributed by atoms with Crippen molar-refractivity contribution in [2.24, 2.45) is 0 Å². The summed E-state index contributed by atoms with van der Waals surface area (Å²) in [6, 6.07) is 11.0. The number of amides is 1. The van der Waals surface area contributed by atoms with Crippen LogP contribution in [0.3, 0.4) is 0 Å². The zero-order chi connectivity index (χ0) is 15.4. The van der Waals surface area contributed by atoms with Gasteiger partial charge in [-0.05, 0) is 48.7 Å². The number of hydrogen-bond acceptors (Lipinski definition) is 1. The highest BCUT2D eigenvalue weighted by Crippen LogP contribution is 2.21. The number of nitrogens with one attached hydrogen (secondary N) is 1. The zero-order valence-electron chi connectivity index (χ0n) is 11.4. The number of carbonyl (C=O) groups excluding carboxylic acids is 1. The molecule has 1 amide bonds. The molecule has 0 radical (unpaired) electrons. The van der Waals surface area contributed by atoms with E-state index in [9.17, 15) is 4.79 Å². The average Bonchev–Trinajstić information content (AvgIpc) is 2.44. The Hall–Kier alpha value is -1.03. The standard InChI is InChI=1S/C16H14BrCl2NO/c1-10-13(3-2-4-14(10)17)16(21)20-8-7-11-5-6-12(18)9-15(11)19/h2-6,9H,7-8H2,1H3,(H,20,21). The highest BCUT2D eigenvalue weighted by Gasteiger charge is 2.10. The molecule has 5 heteroatoms. The first-order chi connectivity index (χ1) is 9.99. The molecule has 0 spiro atoms. The van der Waals surface area contributed by atoms with Crippen LogP contribution in [0.4, 0.5) is 0 Å². The Kier molecular flexibility index (Phi) is 5.68. The predicted molar refractivity (Wildman–Crippen MR) is 91.4 cm³/mol. The van der Waals surface area contributed by atoms with Crippen LogP contribution in [0.2, 0.25) is 10.0 Å². The van der Waals surface area contributed by atoms with Crippen LogP contribution < -0.4 is 5.32 Å². The molecule has 0 heterocycles. The Labute approximate surface area is 142 Å². The molecular weight excluding hydrogens is 373 g/mol. The fourth-order valence-electron chi connectivity index (χ4n) is 1.98. The third-order valence-electron chi connectivity index (χ3n) is 3.21. The zero-order valence-corrected chi connectivity index (χ0v) is 14.5. The first kappa shape index (κ1) is 16.3. The Morgan fingerprint density at radius 1 is 1.24 bits per heavy atom. The van der Waals surface area contributed by atoms with Crippen LogP contribution in [0.1, 0.15) is 21.5 Å². The van der Waals surface area contributed by atoms with Crippen LogP contribution in [0.25, 0.3) is 0 Å². The van der Waals surface area contributed by atoms with Gasteiger partial charge in [-0.25, -0.2) is 0 Å². The van der Waals surface area contributed by atoms with Gasteiger partial charge in [0, 0.05) is 26.6 Å². The van der Waals surface area contributed by atoms with Crippen molar-refractivity contribution in [3.05, 3.63) is 67.6 Å². The van der Waals surface area contributed by atoms with Crippen LogP contribution in [0.15, 0.2) is 40.9 Å². The first-order valence-electron chi connectivity index (χ1n) is 6.46. The number of carbonyl (C=O) groups is 1. The molecule has 21 heavy (non-hydrogen) atoms. The number of benzene rings is 2. The van der Waals surface area contributed by atoms with Gasteiger partial charge in [0.15, 0.2) is 0 Å². The lowest BCUT2D eigenvalue weighted by atomic mass is 10.1. The molecule has 2 aromatic rings. The summed E-state index contributed by atoms with van der Waals surface area (Å²) in [6.07, 6.45) is 0.662. The van der Waals surface area contributed by atoms with Crippen molar-refractivity contribution in [1.82, 2.24) is 5.32 Å². The van der Waals surface area contributed by atoms with Gasteiger partial charge in [0.05, 0.1) is 0 Å². The third-order valence-corrected chi connectivity index (χ3v) is 4.65. The molecule has 0 aliphatic carbocycles. The van der Waals surface area contributed by atoms with E-state index < -0.39 is 0 Å². The normalized spacial score (nSPS) is 10.5. The molecule has 0 saturated carbocycles. The van der Waals surface area contributed by atoms with Crippen LogP contribution in [0.5, 0.6) is 0 Å². The van der Waals surface area contributed by atoms with Crippen molar-refractivity contribution in [3.63, 3.8) is 0 Å². The minimum absolute atomic E-state index is 0.0844. The molecular formula is C16H14BrCl2NO. The monoisotopic (exact) mass is 385 g/mol. The Balaban J connectivity index is 1.97. The summed E-state index contributed by atoms with van der Waals surface area (Å²) >= 11 is 15.4. The molecule has 0 unspecified atom stereocenters. The van der Waals surface area contributed by atoms with E-state index in [-0.39, 0.29) is 5.91 Å². The minimum Gasteiger partial charge on any atom is -0.352 e. The van der Waals surface area contributed by atoms with E-state index in [1.54, 1.807) is 12.1 Å². The molecule has 2 aromatic carbocycles. The van der Waals surface area contributed by atoms with Gasteiger partial charge >= 0.3 is 0 Å². The van der Waals surface area contributed by atoms with E-state index in [1.807, 2.05) is 31.2 Å². The average molecular weight is 387 g/mol. The quantitative estimate of drug-likeness (QED) is 0.783. The summed E-state index contributed by atoms with van der Waals surface area (Å²) in [5.41, 5.74) is 2.57. The first-order valence-corrected chi connectivity index (χ1v) is 8.01. The van der Waals surface area contributed by atoms with Crippen molar-refractivity contribution in [3.8, 4) is 0 Å². The fourth-order valence-corrected chi connectivity index (χ4v) is 2.85. The van der Waals surface area contributed by atoms with Crippen molar-refractivity contribution >= 4 is 45.0 Å². The second-order valence-electron chi connectivity index (χ2n) is 4.65. The molecule has 0 aliphatic rings. The van der Waals surface area contributed by atoms with E-state index in [0.717, 1.165) is 15.6 Å². The summed E-state index contributed by atoms with van der Waals surface area (Å²) in [7, 11) is 0. The van der Waals surface area contributed by atoms with Crippen molar-refractivity contribution in [2.75, 3.05) is 6.54 Å². The molecule has 2 rings (SSSR count). The smallest absolute Gasteiger partial charge is 0.251 e. The number of rotatable bonds is 4. The second kappa shape index (κ2) is 7.30. The Bertz CT molecular complexity index is 673. The summed E-state index contributed by atoms with van der Waals surface area (Å²) < 4.78 is 0.927. The minimum atomic E-state index is -0.0844. The summed E-state index contributed by atoms with van der Waals surface area (Å²) in [6.45, 7) is 2.43. The van der Waals surface area contributed by atoms with E-state index in [2.05, 4.69) is 21.2 Å². The maximum atomic E-state index is 12.2. The van der Waals surface area contributed by atoms with Crippen LogP contribution >= 0.6 is 39.1 Å². The topological polar surface area (TPSA) is 29.1 Å². The van der Waals surface area contributed by atoms with Gasteiger partial charge in [-0.15, -0.1) is 0 Å². The van der Waals surface area contributed by atoms with Crippen LogP contribution in [-0.2, 0) is 6.42 Å². The lowest BCUT2D eigenvalue weighted by Gasteiger charge is -2.09. The number of hydrogen-bond donors (Lipinski definition) is 1. The van der Waals surface area contributed by atoms with Gasteiger partial charge in [0.25, 0.3) is 5.91 Å². The van der Waals surface area contributed by atoms with E-state index in [1.165, 1.54) is 0 Å². The Morgan fingerprint density at radius 3 is 2.71 bits per heavy atom. The Morgan fingerprint density at radius 2 is 2.00 bits per heavy atom. The van der Waals surface area contributed by atoms with Crippen molar-refractivity contribution < 1.29 is 4.79 Å². The van der Waals surface area contributed by atoms with Crippen LogP contribution in [-0.4, -0.2) is 12.5 Å².